The second-order valence-electron chi connectivity index (χ2n) is 2.87. The average Bonchev–Trinajstić information content (AvgIpc) is 2.39. The zero-order valence-electron chi connectivity index (χ0n) is 7.28. The number of rotatable bonds is 0. The Morgan fingerprint density at radius 2 is 2.15 bits per heavy atom. The summed E-state index contributed by atoms with van der Waals surface area (Å²) >= 11 is 0. The fraction of sp³-hybridized carbons (Fsp3) is 0.111. The topological polar surface area (TPSA) is 67.7 Å². The third kappa shape index (κ3) is 1.07. The molecule has 0 aliphatic carbocycles. The minimum Gasteiger partial charge on any atom is -0.369 e. The van der Waals surface area contributed by atoms with Gasteiger partial charge in [-0.3, -0.25) is 9.98 Å². The Bertz CT molecular complexity index is 469. The van der Waals surface area contributed by atoms with Crippen LogP contribution in [0, 0.1) is 12.3 Å². The molecule has 0 spiro atoms. The van der Waals surface area contributed by atoms with Crippen molar-refractivity contribution >= 4 is 17.0 Å². The van der Waals surface area contributed by atoms with Crippen LogP contribution in [0.5, 0.6) is 0 Å². The van der Waals surface area contributed by atoms with Gasteiger partial charge >= 0.3 is 0 Å². The summed E-state index contributed by atoms with van der Waals surface area (Å²) < 4.78 is 1.62. The van der Waals surface area contributed by atoms with Gasteiger partial charge < -0.3 is 5.73 Å². The quantitative estimate of drug-likeness (QED) is 0.463. The van der Waals surface area contributed by atoms with Gasteiger partial charge in [0.05, 0.1) is 11.0 Å². The van der Waals surface area contributed by atoms with Crippen molar-refractivity contribution in [3.05, 3.63) is 30.1 Å². The Morgan fingerprint density at radius 3 is 2.85 bits per heavy atom. The van der Waals surface area contributed by atoms with E-state index in [0.29, 0.717) is 0 Å². The van der Waals surface area contributed by atoms with Gasteiger partial charge in [0.25, 0.3) is 0 Å². The van der Waals surface area contributed by atoms with Crippen molar-refractivity contribution < 1.29 is 0 Å². The summed E-state index contributed by atoms with van der Waals surface area (Å²) in [4.78, 5) is 4.28. The molecule has 0 bridgehead atoms. The van der Waals surface area contributed by atoms with Crippen LogP contribution in [0.3, 0.4) is 0 Å². The molecule has 0 amide bonds. The van der Waals surface area contributed by atoms with Gasteiger partial charge in [0.1, 0.15) is 5.82 Å². The molecular formula is C9H10N4. The molecule has 0 aliphatic heterocycles. The fourth-order valence-electron chi connectivity index (χ4n) is 1.45. The number of aromatic nitrogens is 2. The SMILES string of the molecule is Cc1nc2ccccc2n1C(=N)N. The molecule has 0 radical (unpaired) electrons. The highest BCUT2D eigenvalue weighted by Crippen LogP contribution is 2.13. The first-order valence-corrected chi connectivity index (χ1v) is 3.98. The van der Waals surface area contributed by atoms with E-state index in [1.54, 1.807) is 4.57 Å². The normalized spacial score (nSPS) is 10.5. The third-order valence-corrected chi connectivity index (χ3v) is 1.97. The zero-order chi connectivity index (χ0) is 9.42. The van der Waals surface area contributed by atoms with Crippen molar-refractivity contribution in [1.82, 2.24) is 9.55 Å². The second kappa shape index (κ2) is 2.58. The molecule has 1 aromatic carbocycles. The van der Waals surface area contributed by atoms with Crippen molar-refractivity contribution in [3.63, 3.8) is 0 Å². The van der Waals surface area contributed by atoms with Gasteiger partial charge in [0.2, 0.25) is 0 Å². The molecule has 13 heavy (non-hydrogen) atoms. The maximum absolute atomic E-state index is 7.38. The molecule has 66 valence electrons. The van der Waals surface area contributed by atoms with E-state index in [2.05, 4.69) is 4.98 Å². The Balaban J connectivity index is 2.86. The van der Waals surface area contributed by atoms with Crippen LogP contribution in [0.2, 0.25) is 0 Å². The van der Waals surface area contributed by atoms with Crippen LogP contribution in [0.25, 0.3) is 11.0 Å². The van der Waals surface area contributed by atoms with E-state index >= 15 is 0 Å². The van der Waals surface area contributed by atoms with Crippen molar-refractivity contribution in [1.29, 1.82) is 5.41 Å². The maximum Gasteiger partial charge on any atom is 0.198 e. The molecule has 0 aliphatic rings. The van der Waals surface area contributed by atoms with Gasteiger partial charge in [-0.2, -0.15) is 0 Å². The number of nitrogen functional groups attached to an aromatic ring is 1. The highest BCUT2D eigenvalue weighted by molar-refractivity contribution is 5.90. The summed E-state index contributed by atoms with van der Waals surface area (Å²) in [6.45, 7) is 1.83. The van der Waals surface area contributed by atoms with Crippen LogP contribution in [0.4, 0.5) is 0 Å². The minimum atomic E-state index is 0.00574. The Hall–Kier alpha value is -1.84. The number of benzene rings is 1. The monoisotopic (exact) mass is 174 g/mol. The minimum absolute atomic E-state index is 0.00574. The molecule has 2 rings (SSSR count). The predicted molar refractivity (Wildman–Crippen MR) is 51.8 cm³/mol. The van der Waals surface area contributed by atoms with E-state index in [1.165, 1.54) is 0 Å². The zero-order valence-corrected chi connectivity index (χ0v) is 7.28. The molecule has 1 aromatic heterocycles. The molecule has 4 heteroatoms. The van der Waals surface area contributed by atoms with E-state index in [9.17, 15) is 0 Å². The summed E-state index contributed by atoms with van der Waals surface area (Å²) in [5.41, 5.74) is 7.18. The largest absolute Gasteiger partial charge is 0.369 e. The Kier molecular flexibility index (Phi) is 1.55. The number of fused-ring (bicyclic) bond motifs is 1. The summed E-state index contributed by atoms with van der Waals surface area (Å²) in [6, 6.07) is 7.63. The predicted octanol–water partition coefficient (Wildman–Crippen LogP) is 1.09. The molecule has 0 atom stereocenters. The Labute approximate surface area is 75.5 Å². The number of nitrogens with zero attached hydrogens (tertiary/aromatic N) is 2. The molecule has 0 unspecified atom stereocenters. The second-order valence-corrected chi connectivity index (χ2v) is 2.87. The van der Waals surface area contributed by atoms with Gasteiger partial charge in [-0.1, -0.05) is 12.1 Å². The van der Waals surface area contributed by atoms with Gasteiger partial charge in [-0.15, -0.1) is 0 Å². The highest BCUT2D eigenvalue weighted by Gasteiger charge is 2.07. The van der Waals surface area contributed by atoms with Crippen molar-refractivity contribution in [3.8, 4) is 0 Å². The lowest BCUT2D eigenvalue weighted by molar-refractivity contribution is 1.02. The number of hydrogen-bond acceptors (Lipinski definition) is 2. The number of imidazole rings is 1. The van der Waals surface area contributed by atoms with E-state index in [1.807, 2.05) is 31.2 Å². The smallest absolute Gasteiger partial charge is 0.198 e. The number of hydrogen-bond donors (Lipinski definition) is 2. The number of para-hydroxylation sites is 2. The molecule has 4 nitrogen and oxygen atoms in total. The van der Waals surface area contributed by atoms with Crippen molar-refractivity contribution in [2.75, 3.05) is 0 Å². The van der Waals surface area contributed by atoms with E-state index < -0.39 is 0 Å². The van der Waals surface area contributed by atoms with Crippen LogP contribution in [-0.4, -0.2) is 15.5 Å². The van der Waals surface area contributed by atoms with Crippen LogP contribution in [0.15, 0.2) is 24.3 Å². The summed E-state index contributed by atoms with van der Waals surface area (Å²) in [7, 11) is 0. The Morgan fingerprint density at radius 1 is 1.46 bits per heavy atom. The molecule has 3 N–H and O–H groups in total. The first-order chi connectivity index (χ1) is 6.20. The third-order valence-electron chi connectivity index (χ3n) is 1.97. The standard InChI is InChI=1S/C9H10N4/c1-6-12-7-4-2-3-5-8(7)13(6)9(10)11/h2-5H,1H3,(H3,10,11). The average molecular weight is 174 g/mol. The lowest BCUT2D eigenvalue weighted by Gasteiger charge is -2.01. The van der Waals surface area contributed by atoms with Crippen molar-refractivity contribution in [2.24, 2.45) is 5.73 Å². The number of nitrogens with one attached hydrogen (secondary N) is 1. The lowest BCUT2D eigenvalue weighted by Crippen LogP contribution is -2.21. The fourth-order valence-corrected chi connectivity index (χ4v) is 1.45. The summed E-state index contributed by atoms with van der Waals surface area (Å²) in [5, 5.41) is 7.38. The summed E-state index contributed by atoms with van der Waals surface area (Å²) in [6.07, 6.45) is 0. The summed E-state index contributed by atoms with van der Waals surface area (Å²) in [5.74, 6) is 0.750. The van der Waals surface area contributed by atoms with E-state index in [-0.39, 0.29) is 5.96 Å². The van der Waals surface area contributed by atoms with Crippen LogP contribution in [0.1, 0.15) is 5.82 Å². The van der Waals surface area contributed by atoms with Crippen LogP contribution in [-0.2, 0) is 0 Å². The van der Waals surface area contributed by atoms with Gasteiger partial charge in [-0.25, -0.2) is 4.98 Å². The highest BCUT2D eigenvalue weighted by atomic mass is 15.2. The molecule has 0 saturated heterocycles. The number of aryl methyl sites for hydroxylation is 1. The molecule has 2 aromatic rings. The number of nitrogens with two attached hydrogens (primary N) is 1. The van der Waals surface area contributed by atoms with Crippen LogP contribution < -0.4 is 5.73 Å². The van der Waals surface area contributed by atoms with Gasteiger partial charge in [0.15, 0.2) is 5.96 Å². The van der Waals surface area contributed by atoms with Crippen molar-refractivity contribution in [2.45, 2.75) is 6.92 Å². The molecule has 0 saturated carbocycles. The van der Waals surface area contributed by atoms with E-state index in [4.69, 9.17) is 11.1 Å². The van der Waals surface area contributed by atoms with Crippen LogP contribution >= 0.6 is 0 Å². The molecular weight excluding hydrogens is 164 g/mol. The van der Waals surface area contributed by atoms with E-state index in [0.717, 1.165) is 16.9 Å². The first-order valence-electron chi connectivity index (χ1n) is 3.98. The lowest BCUT2D eigenvalue weighted by atomic mass is 10.3. The first kappa shape index (κ1) is 7.79. The van der Waals surface area contributed by atoms with Gasteiger partial charge in [0, 0.05) is 0 Å². The maximum atomic E-state index is 7.38. The molecule has 1 heterocycles. The van der Waals surface area contributed by atoms with Gasteiger partial charge in [-0.05, 0) is 19.1 Å². The molecule has 0 fully saturated rings.